The summed E-state index contributed by atoms with van der Waals surface area (Å²) in [6.45, 7) is 1.82. The number of aliphatic hydroxyl groups is 1. The summed E-state index contributed by atoms with van der Waals surface area (Å²) in [5.74, 6) is 0. The monoisotopic (exact) mass is 275 g/mol. The van der Waals surface area contributed by atoms with Gasteiger partial charge in [-0.15, -0.1) is 0 Å². The molecule has 2 aromatic rings. The highest BCUT2D eigenvalue weighted by molar-refractivity contribution is 5.85. The van der Waals surface area contributed by atoms with Crippen molar-refractivity contribution in [3.8, 4) is 0 Å². The Kier molecular flexibility index (Phi) is 5.80. The first kappa shape index (κ1) is 14.8. The van der Waals surface area contributed by atoms with Gasteiger partial charge in [-0.1, -0.05) is 30.3 Å². The molecule has 0 spiro atoms. The van der Waals surface area contributed by atoms with Crippen molar-refractivity contribution in [2.24, 2.45) is 0 Å². The summed E-state index contributed by atoms with van der Waals surface area (Å²) in [7, 11) is 1.63. The van der Waals surface area contributed by atoms with Crippen molar-refractivity contribution in [3.05, 3.63) is 42.5 Å². The third-order valence-corrected chi connectivity index (χ3v) is 3.03. The molecule has 0 radical (unpaired) electrons. The van der Waals surface area contributed by atoms with Crippen LogP contribution < -0.4 is 5.32 Å². The number of benzene rings is 2. The van der Waals surface area contributed by atoms with Gasteiger partial charge in [0.2, 0.25) is 0 Å². The summed E-state index contributed by atoms with van der Waals surface area (Å²) in [4.78, 5) is 0. The van der Waals surface area contributed by atoms with Crippen LogP contribution in [0.3, 0.4) is 0 Å². The molecule has 1 unspecified atom stereocenters. The van der Waals surface area contributed by atoms with E-state index < -0.39 is 6.10 Å². The minimum absolute atomic E-state index is 0.309. The van der Waals surface area contributed by atoms with Gasteiger partial charge in [-0.2, -0.15) is 0 Å². The highest BCUT2D eigenvalue weighted by Crippen LogP contribution is 2.18. The molecule has 0 saturated heterocycles. The minimum atomic E-state index is -0.529. The summed E-state index contributed by atoms with van der Waals surface area (Å²) in [6, 6.07) is 14.4. The van der Waals surface area contributed by atoms with Crippen LogP contribution >= 0.6 is 0 Å². The predicted octanol–water partition coefficient (Wildman–Crippen LogP) is 2.28. The molecule has 0 saturated carbocycles. The summed E-state index contributed by atoms with van der Waals surface area (Å²) in [6.07, 6.45) is -0.529. The second kappa shape index (κ2) is 7.85. The number of hydrogen-bond donors (Lipinski definition) is 2. The summed E-state index contributed by atoms with van der Waals surface area (Å²) < 4.78 is 10.2. The molecule has 0 heterocycles. The third-order valence-electron chi connectivity index (χ3n) is 3.03. The lowest BCUT2D eigenvalue weighted by molar-refractivity contribution is 0.0182. The average Bonchev–Trinajstić information content (AvgIpc) is 2.49. The van der Waals surface area contributed by atoms with Crippen molar-refractivity contribution in [3.63, 3.8) is 0 Å². The Bertz CT molecular complexity index is 530. The number of methoxy groups -OCH3 is 1. The molecule has 0 aliphatic heterocycles. The first-order valence-corrected chi connectivity index (χ1v) is 6.77. The fourth-order valence-electron chi connectivity index (χ4n) is 1.96. The Balaban J connectivity index is 1.80. The standard InChI is InChI=1S/C16H21NO3/c1-19-8-9-20-12-16(18)11-17-15-7-6-13-4-2-3-5-14(13)10-15/h2-7,10,16-18H,8-9,11-12H2,1H3. The van der Waals surface area contributed by atoms with Gasteiger partial charge in [-0.25, -0.2) is 0 Å². The van der Waals surface area contributed by atoms with Crippen molar-refractivity contribution >= 4 is 16.5 Å². The van der Waals surface area contributed by atoms with Crippen LogP contribution in [0.2, 0.25) is 0 Å². The van der Waals surface area contributed by atoms with Gasteiger partial charge in [0.1, 0.15) is 0 Å². The molecule has 0 aliphatic rings. The molecule has 2 aromatic carbocycles. The maximum absolute atomic E-state index is 9.79. The first-order chi connectivity index (χ1) is 9.79. The van der Waals surface area contributed by atoms with E-state index >= 15 is 0 Å². The number of ether oxygens (including phenoxy) is 2. The number of anilines is 1. The zero-order valence-electron chi connectivity index (χ0n) is 11.7. The number of aliphatic hydroxyl groups excluding tert-OH is 1. The SMILES string of the molecule is COCCOCC(O)CNc1ccc2ccccc2c1. The van der Waals surface area contributed by atoms with Crippen molar-refractivity contribution < 1.29 is 14.6 Å². The van der Waals surface area contributed by atoms with Gasteiger partial charge < -0.3 is 19.9 Å². The highest BCUT2D eigenvalue weighted by atomic mass is 16.5. The zero-order chi connectivity index (χ0) is 14.2. The smallest absolute Gasteiger partial charge is 0.0945 e. The third kappa shape index (κ3) is 4.49. The first-order valence-electron chi connectivity index (χ1n) is 6.77. The number of rotatable bonds is 8. The van der Waals surface area contributed by atoms with Crippen LogP contribution in [0.15, 0.2) is 42.5 Å². The van der Waals surface area contributed by atoms with Crippen LogP contribution in [0, 0.1) is 0 Å². The molecule has 1 atom stereocenters. The van der Waals surface area contributed by atoms with Crippen LogP contribution in [-0.2, 0) is 9.47 Å². The number of fused-ring (bicyclic) bond motifs is 1. The van der Waals surface area contributed by atoms with E-state index in [1.807, 2.05) is 18.2 Å². The van der Waals surface area contributed by atoms with Gasteiger partial charge >= 0.3 is 0 Å². The lowest BCUT2D eigenvalue weighted by Gasteiger charge is -2.13. The molecule has 0 aliphatic carbocycles. The molecule has 0 amide bonds. The van der Waals surface area contributed by atoms with Gasteiger partial charge in [0.25, 0.3) is 0 Å². The molecule has 20 heavy (non-hydrogen) atoms. The fraction of sp³-hybridized carbons (Fsp3) is 0.375. The fourth-order valence-corrected chi connectivity index (χ4v) is 1.96. The topological polar surface area (TPSA) is 50.7 Å². The zero-order valence-corrected chi connectivity index (χ0v) is 11.7. The van der Waals surface area contributed by atoms with E-state index in [2.05, 4.69) is 29.6 Å². The van der Waals surface area contributed by atoms with Crippen molar-refractivity contribution in [1.29, 1.82) is 0 Å². The Morgan fingerprint density at radius 2 is 1.90 bits per heavy atom. The molecule has 0 bridgehead atoms. The number of nitrogens with one attached hydrogen (secondary N) is 1. The molecule has 2 rings (SSSR count). The molecule has 2 N–H and O–H groups in total. The molecule has 4 heteroatoms. The summed E-state index contributed by atoms with van der Waals surface area (Å²) in [5.41, 5.74) is 1.000. The van der Waals surface area contributed by atoms with Crippen molar-refractivity contribution in [2.45, 2.75) is 6.10 Å². The Hall–Kier alpha value is -1.62. The average molecular weight is 275 g/mol. The Morgan fingerprint density at radius 1 is 1.10 bits per heavy atom. The quantitative estimate of drug-likeness (QED) is 0.726. The lowest BCUT2D eigenvalue weighted by atomic mass is 10.1. The largest absolute Gasteiger partial charge is 0.389 e. The number of hydrogen-bond acceptors (Lipinski definition) is 4. The van der Waals surface area contributed by atoms with Crippen LogP contribution in [-0.4, -0.2) is 44.7 Å². The van der Waals surface area contributed by atoms with Crippen molar-refractivity contribution in [1.82, 2.24) is 0 Å². The van der Waals surface area contributed by atoms with E-state index in [-0.39, 0.29) is 0 Å². The molecule has 108 valence electrons. The van der Waals surface area contributed by atoms with Gasteiger partial charge in [0, 0.05) is 19.3 Å². The summed E-state index contributed by atoms with van der Waals surface area (Å²) >= 11 is 0. The molecular weight excluding hydrogens is 254 g/mol. The molecule has 0 aromatic heterocycles. The van der Waals surface area contributed by atoms with E-state index in [4.69, 9.17) is 9.47 Å². The van der Waals surface area contributed by atoms with Crippen LogP contribution in [0.1, 0.15) is 0 Å². The van der Waals surface area contributed by atoms with Crippen LogP contribution in [0.5, 0.6) is 0 Å². The highest BCUT2D eigenvalue weighted by Gasteiger charge is 2.04. The van der Waals surface area contributed by atoms with Gasteiger partial charge in [-0.3, -0.25) is 0 Å². The van der Waals surface area contributed by atoms with Gasteiger partial charge in [0.15, 0.2) is 0 Å². The minimum Gasteiger partial charge on any atom is -0.389 e. The van der Waals surface area contributed by atoms with E-state index in [0.717, 1.165) is 5.69 Å². The Labute approximate surface area is 119 Å². The van der Waals surface area contributed by atoms with E-state index in [9.17, 15) is 5.11 Å². The normalized spacial score (nSPS) is 12.5. The molecular formula is C16H21NO3. The van der Waals surface area contributed by atoms with E-state index in [1.165, 1.54) is 10.8 Å². The lowest BCUT2D eigenvalue weighted by Crippen LogP contribution is -2.25. The van der Waals surface area contributed by atoms with Crippen molar-refractivity contribution in [2.75, 3.05) is 38.8 Å². The maximum Gasteiger partial charge on any atom is 0.0945 e. The van der Waals surface area contributed by atoms with Gasteiger partial charge in [-0.05, 0) is 22.9 Å². The molecule has 0 fully saturated rings. The second-order valence-corrected chi connectivity index (χ2v) is 4.66. The predicted molar refractivity (Wildman–Crippen MR) is 81.1 cm³/mol. The van der Waals surface area contributed by atoms with Crippen LogP contribution in [0.4, 0.5) is 5.69 Å². The Morgan fingerprint density at radius 3 is 2.70 bits per heavy atom. The molecule has 4 nitrogen and oxygen atoms in total. The van der Waals surface area contributed by atoms with E-state index in [1.54, 1.807) is 7.11 Å². The van der Waals surface area contributed by atoms with Crippen LogP contribution in [0.25, 0.3) is 10.8 Å². The van der Waals surface area contributed by atoms with Gasteiger partial charge in [0.05, 0.1) is 25.9 Å². The maximum atomic E-state index is 9.79. The second-order valence-electron chi connectivity index (χ2n) is 4.66. The van der Waals surface area contributed by atoms with E-state index in [0.29, 0.717) is 26.4 Å². The summed E-state index contributed by atoms with van der Waals surface area (Å²) in [5, 5.41) is 15.4.